The molecular weight excluding hydrogens is 332 g/mol. The second-order valence-corrected chi connectivity index (χ2v) is 8.47. The first-order valence-electron chi connectivity index (χ1n) is 8.46. The summed E-state index contributed by atoms with van der Waals surface area (Å²) in [5.74, 6) is 0.00542. The van der Waals surface area contributed by atoms with Gasteiger partial charge in [-0.15, -0.1) is 0 Å². The number of rotatable bonds is 8. The minimum atomic E-state index is -3.28. The van der Waals surface area contributed by atoms with Crippen LogP contribution in [0, 0.1) is 0 Å². The molecule has 1 N–H and O–H groups in total. The summed E-state index contributed by atoms with van der Waals surface area (Å²) in [5.41, 5.74) is 0.754. The quantitative estimate of drug-likeness (QED) is 0.724. The molecule has 1 atom stereocenters. The molecule has 1 saturated heterocycles. The van der Waals surface area contributed by atoms with Gasteiger partial charge in [0.05, 0.1) is 5.75 Å². The van der Waals surface area contributed by atoms with Crippen LogP contribution in [0.1, 0.15) is 44.6 Å². The molecule has 0 radical (unpaired) electrons. The van der Waals surface area contributed by atoms with Gasteiger partial charge in [-0.25, -0.2) is 13.1 Å². The summed E-state index contributed by atoms with van der Waals surface area (Å²) in [6.45, 7) is 4.86. The van der Waals surface area contributed by atoms with Crippen molar-refractivity contribution >= 4 is 21.6 Å². The second-order valence-electron chi connectivity index (χ2n) is 6.23. The molecule has 1 aromatic rings. The van der Waals surface area contributed by atoms with E-state index >= 15 is 0 Å². The zero-order chi connectivity index (χ0) is 16.7. The van der Waals surface area contributed by atoms with E-state index in [9.17, 15) is 8.42 Å². The highest BCUT2D eigenvalue weighted by molar-refractivity contribution is 7.88. The van der Waals surface area contributed by atoms with Crippen LogP contribution in [0.15, 0.2) is 24.3 Å². The highest BCUT2D eigenvalue weighted by Gasteiger charge is 2.20. The van der Waals surface area contributed by atoms with Crippen LogP contribution in [-0.2, 0) is 15.8 Å². The van der Waals surface area contributed by atoms with E-state index in [0.717, 1.165) is 25.1 Å². The number of piperidine rings is 1. The highest BCUT2D eigenvalue weighted by atomic mass is 35.5. The molecule has 0 amide bonds. The third kappa shape index (κ3) is 6.42. The summed E-state index contributed by atoms with van der Waals surface area (Å²) in [6, 6.07) is 7.61. The van der Waals surface area contributed by atoms with Gasteiger partial charge in [0.1, 0.15) is 0 Å². The lowest BCUT2D eigenvalue weighted by atomic mass is 10.00. The first kappa shape index (κ1) is 18.7. The van der Waals surface area contributed by atoms with Gasteiger partial charge in [0.25, 0.3) is 0 Å². The highest BCUT2D eigenvalue weighted by Crippen LogP contribution is 2.19. The third-order valence-corrected chi connectivity index (χ3v) is 6.04. The summed E-state index contributed by atoms with van der Waals surface area (Å²) in [6.07, 6.45) is 5.90. The summed E-state index contributed by atoms with van der Waals surface area (Å²) >= 11 is 5.81. The van der Waals surface area contributed by atoms with E-state index in [1.165, 1.54) is 25.7 Å². The maximum atomic E-state index is 12.1. The zero-order valence-corrected chi connectivity index (χ0v) is 15.4. The molecule has 0 aromatic heterocycles. The molecule has 0 aliphatic carbocycles. The van der Waals surface area contributed by atoms with Crippen LogP contribution >= 0.6 is 11.6 Å². The average Bonchev–Trinajstić information content (AvgIpc) is 2.54. The van der Waals surface area contributed by atoms with Crippen LogP contribution in [0.3, 0.4) is 0 Å². The summed E-state index contributed by atoms with van der Waals surface area (Å²) in [7, 11) is -3.28. The smallest absolute Gasteiger partial charge is 0.215 e. The molecule has 0 bridgehead atoms. The summed E-state index contributed by atoms with van der Waals surface area (Å²) in [5, 5.41) is 0.617. The van der Waals surface area contributed by atoms with Gasteiger partial charge >= 0.3 is 0 Å². The van der Waals surface area contributed by atoms with Gasteiger partial charge in [0.15, 0.2) is 0 Å². The Labute approximate surface area is 145 Å². The number of hydrogen-bond donors (Lipinski definition) is 1. The Kier molecular flexibility index (Phi) is 7.34. The molecule has 6 heteroatoms. The first-order chi connectivity index (χ1) is 11.0. The van der Waals surface area contributed by atoms with Crippen LogP contribution in [0.4, 0.5) is 0 Å². The Morgan fingerprint density at radius 3 is 2.70 bits per heavy atom. The van der Waals surface area contributed by atoms with Gasteiger partial charge in [0, 0.05) is 17.6 Å². The van der Waals surface area contributed by atoms with Gasteiger partial charge < -0.3 is 4.90 Å². The fraction of sp³-hybridized carbons (Fsp3) is 0.647. The summed E-state index contributed by atoms with van der Waals surface area (Å²) < 4.78 is 26.9. The van der Waals surface area contributed by atoms with E-state index in [2.05, 4.69) is 16.5 Å². The van der Waals surface area contributed by atoms with Crippen molar-refractivity contribution in [3.63, 3.8) is 0 Å². The van der Waals surface area contributed by atoms with Crippen molar-refractivity contribution in [1.82, 2.24) is 9.62 Å². The lowest BCUT2D eigenvalue weighted by Crippen LogP contribution is -2.40. The van der Waals surface area contributed by atoms with Gasteiger partial charge in [-0.2, -0.15) is 0 Å². The number of nitrogens with zero attached hydrogens (tertiary/aromatic N) is 1. The Bertz CT molecular complexity index is 575. The predicted molar refractivity (Wildman–Crippen MR) is 96.2 cm³/mol. The monoisotopic (exact) mass is 358 g/mol. The normalized spacial score (nSPS) is 19.8. The molecule has 4 nitrogen and oxygen atoms in total. The maximum absolute atomic E-state index is 12.1. The number of nitrogens with one attached hydrogen (secondary N) is 1. The molecule has 2 rings (SSSR count). The molecule has 0 spiro atoms. The fourth-order valence-electron chi connectivity index (χ4n) is 3.18. The van der Waals surface area contributed by atoms with Crippen LogP contribution in [0.2, 0.25) is 5.02 Å². The molecule has 23 heavy (non-hydrogen) atoms. The molecule has 1 aliphatic rings. The van der Waals surface area contributed by atoms with Crippen molar-refractivity contribution in [2.45, 2.75) is 50.8 Å². The van der Waals surface area contributed by atoms with Crippen LogP contribution in [0.25, 0.3) is 0 Å². The van der Waals surface area contributed by atoms with Crippen molar-refractivity contribution in [1.29, 1.82) is 0 Å². The largest absolute Gasteiger partial charge is 0.300 e. The topological polar surface area (TPSA) is 49.4 Å². The SMILES string of the molecule is CC[C@@H]1CCCCN1CCCNS(=O)(=O)Cc1ccc(Cl)cc1. The fourth-order valence-corrected chi connectivity index (χ4v) is 4.49. The van der Waals surface area contributed by atoms with E-state index in [-0.39, 0.29) is 5.75 Å². The maximum Gasteiger partial charge on any atom is 0.215 e. The lowest BCUT2D eigenvalue weighted by Gasteiger charge is -2.35. The molecule has 130 valence electrons. The third-order valence-electron chi connectivity index (χ3n) is 4.43. The van der Waals surface area contributed by atoms with Gasteiger partial charge in [-0.3, -0.25) is 0 Å². The number of benzene rings is 1. The molecule has 0 unspecified atom stereocenters. The Morgan fingerprint density at radius 2 is 2.00 bits per heavy atom. The van der Waals surface area contributed by atoms with Crippen molar-refractivity contribution in [3.05, 3.63) is 34.9 Å². The molecule has 1 heterocycles. The minimum absolute atomic E-state index is 0.00542. The summed E-state index contributed by atoms with van der Waals surface area (Å²) in [4.78, 5) is 2.51. The van der Waals surface area contributed by atoms with E-state index in [1.54, 1.807) is 24.3 Å². The molecule has 0 saturated carbocycles. The van der Waals surface area contributed by atoms with Crippen molar-refractivity contribution in [2.24, 2.45) is 0 Å². The Hall–Kier alpha value is -0.620. The first-order valence-corrected chi connectivity index (χ1v) is 10.5. The van der Waals surface area contributed by atoms with E-state index in [0.29, 0.717) is 17.6 Å². The van der Waals surface area contributed by atoms with Crippen LogP contribution < -0.4 is 4.72 Å². The second kappa shape index (κ2) is 9.02. The molecular formula is C17H27ClN2O2S. The molecule has 1 fully saturated rings. The van der Waals surface area contributed by atoms with Gasteiger partial charge in [-0.05, 0) is 56.5 Å². The van der Waals surface area contributed by atoms with E-state index < -0.39 is 10.0 Å². The number of sulfonamides is 1. The minimum Gasteiger partial charge on any atom is -0.300 e. The average molecular weight is 359 g/mol. The molecule has 1 aliphatic heterocycles. The van der Waals surface area contributed by atoms with Crippen LogP contribution in [-0.4, -0.2) is 39.0 Å². The number of hydrogen-bond acceptors (Lipinski definition) is 3. The van der Waals surface area contributed by atoms with E-state index in [4.69, 9.17) is 11.6 Å². The Balaban J connectivity index is 1.73. The zero-order valence-electron chi connectivity index (χ0n) is 13.8. The Morgan fingerprint density at radius 1 is 1.26 bits per heavy atom. The van der Waals surface area contributed by atoms with Crippen molar-refractivity contribution in [2.75, 3.05) is 19.6 Å². The standard InChI is InChI=1S/C17H27ClN2O2S/c1-2-17-6-3-4-12-20(17)13-5-11-19-23(21,22)14-15-7-9-16(18)10-8-15/h7-10,17,19H,2-6,11-14H2,1H3/t17-/m1/s1. The molecule has 1 aromatic carbocycles. The van der Waals surface area contributed by atoms with Gasteiger partial charge in [0.2, 0.25) is 10.0 Å². The predicted octanol–water partition coefficient (Wildman–Crippen LogP) is 3.41. The van der Waals surface area contributed by atoms with E-state index in [1.807, 2.05) is 0 Å². The van der Waals surface area contributed by atoms with Crippen molar-refractivity contribution < 1.29 is 8.42 Å². The number of likely N-dealkylation sites (tertiary alicyclic amines) is 1. The van der Waals surface area contributed by atoms with Crippen molar-refractivity contribution in [3.8, 4) is 0 Å². The lowest BCUT2D eigenvalue weighted by molar-refractivity contribution is 0.143. The van der Waals surface area contributed by atoms with Gasteiger partial charge in [-0.1, -0.05) is 37.1 Å². The number of halogens is 1. The van der Waals surface area contributed by atoms with Crippen LogP contribution in [0.5, 0.6) is 0 Å².